The van der Waals surface area contributed by atoms with Crippen LogP contribution in [-0.4, -0.2) is 47.4 Å². The molecule has 3 N–H and O–H groups in total. The molecule has 0 aromatic heterocycles. The Labute approximate surface area is 185 Å². The number of hydrazine groups is 1. The predicted octanol–water partition coefficient (Wildman–Crippen LogP) is 2.51. The third-order valence-electron chi connectivity index (χ3n) is 4.98. The highest BCUT2D eigenvalue weighted by molar-refractivity contribution is 6.31. The van der Waals surface area contributed by atoms with E-state index in [4.69, 9.17) is 16.3 Å². The maximum Gasteiger partial charge on any atom is 0.273 e. The first kappa shape index (κ1) is 22.4. The van der Waals surface area contributed by atoms with Crippen LogP contribution < -0.4 is 15.6 Å². The highest BCUT2D eigenvalue weighted by Gasteiger charge is 2.28. The maximum atomic E-state index is 12.5. The Kier molecular flexibility index (Phi) is 7.72. The number of carbonyl (C=O) groups is 3. The number of likely N-dealkylation sites (tertiary alicyclic amines) is 1. The van der Waals surface area contributed by atoms with Gasteiger partial charge < -0.3 is 14.7 Å². The molecule has 31 heavy (non-hydrogen) atoms. The van der Waals surface area contributed by atoms with Gasteiger partial charge in [-0.3, -0.25) is 25.2 Å². The average molecular weight is 446 g/mol. The Morgan fingerprint density at radius 3 is 2.68 bits per heavy atom. The van der Waals surface area contributed by atoms with Crippen LogP contribution in [0.3, 0.4) is 0 Å². The van der Waals surface area contributed by atoms with Crippen LogP contribution in [0.25, 0.3) is 0 Å². The van der Waals surface area contributed by atoms with Crippen LogP contribution in [0.4, 0.5) is 0 Å². The summed E-state index contributed by atoms with van der Waals surface area (Å²) in [7, 11) is 0. The number of phenols is 1. The summed E-state index contributed by atoms with van der Waals surface area (Å²) in [5.74, 6) is -1.15. The molecular weight excluding hydrogens is 422 g/mol. The zero-order valence-corrected chi connectivity index (χ0v) is 17.6. The number of phenolic OH excluding ortho intramolecular Hbond substituents is 1. The Hall–Kier alpha value is -3.26. The van der Waals surface area contributed by atoms with Crippen molar-refractivity contribution in [3.63, 3.8) is 0 Å². The van der Waals surface area contributed by atoms with E-state index in [0.717, 1.165) is 0 Å². The normalized spacial score (nSPS) is 15.8. The molecule has 0 bridgehead atoms. The van der Waals surface area contributed by atoms with Crippen LogP contribution in [0.1, 0.15) is 29.6 Å². The molecule has 2 aromatic carbocycles. The average Bonchev–Trinajstić information content (AvgIpc) is 2.79. The van der Waals surface area contributed by atoms with E-state index in [2.05, 4.69) is 10.9 Å². The summed E-state index contributed by atoms with van der Waals surface area (Å²) in [5, 5.41) is 10.1. The highest BCUT2D eigenvalue weighted by Crippen LogP contribution is 2.21. The summed E-state index contributed by atoms with van der Waals surface area (Å²) in [5.41, 5.74) is 4.60. The molecule has 0 saturated carbocycles. The van der Waals surface area contributed by atoms with Crippen molar-refractivity contribution >= 4 is 29.3 Å². The summed E-state index contributed by atoms with van der Waals surface area (Å²) < 4.78 is 5.56. The van der Waals surface area contributed by atoms with Crippen molar-refractivity contribution in [2.24, 2.45) is 5.92 Å². The zero-order chi connectivity index (χ0) is 22.2. The Morgan fingerprint density at radius 2 is 1.90 bits per heavy atom. The summed E-state index contributed by atoms with van der Waals surface area (Å²) in [4.78, 5) is 38.8. The smallest absolute Gasteiger partial charge is 0.273 e. The van der Waals surface area contributed by atoms with Gasteiger partial charge in [0.1, 0.15) is 11.5 Å². The van der Waals surface area contributed by atoms with Crippen molar-refractivity contribution < 1.29 is 24.2 Å². The van der Waals surface area contributed by atoms with Gasteiger partial charge in [0.15, 0.2) is 0 Å². The second-order valence-electron chi connectivity index (χ2n) is 7.20. The number of aromatic hydroxyl groups is 1. The molecule has 0 spiro atoms. The second-order valence-corrected chi connectivity index (χ2v) is 7.63. The summed E-state index contributed by atoms with van der Waals surface area (Å²) in [6, 6.07) is 13.3. The molecule has 8 nitrogen and oxygen atoms in total. The van der Waals surface area contributed by atoms with Crippen molar-refractivity contribution in [2.75, 3.05) is 19.7 Å². The summed E-state index contributed by atoms with van der Waals surface area (Å²) in [6.07, 6.45) is 1.51. The number of benzene rings is 2. The number of nitrogens with zero attached hydrogens (tertiary/aromatic N) is 1. The minimum Gasteiger partial charge on any atom is -0.507 e. The lowest BCUT2D eigenvalue weighted by Gasteiger charge is -2.32. The number of nitrogens with one attached hydrogen (secondary N) is 2. The number of para-hydroxylation sites is 1. The summed E-state index contributed by atoms with van der Waals surface area (Å²) >= 11 is 5.84. The van der Waals surface area contributed by atoms with E-state index in [9.17, 15) is 19.5 Å². The molecule has 164 valence electrons. The molecule has 1 unspecified atom stereocenters. The van der Waals surface area contributed by atoms with Gasteiger partial charge in [-0.15, -0.1) is 0 Å². The fourth-order valence-electron chi connectivity index (χ4n) is 3.33. The molecular formula is C22H24ClN3O5. The largest absolute Gasteiger partial charge is 0.507 e. The minimum absolute atomic E-state index is 0.0494. The van der Waals surface area contributed by atoms with Crippen molar-refractivity contribution in [1.29, 1.82) is 0 Å². The summed E-state index contributed by atoms with van der Waals surface area (Å²) in [6.45, 7) is 1.11. The lowest BCUT2D eigenvalue weighted by atomic mass is 9.97. The van der Waals surface area contributed by atoms with Gasteiger partial charge in [0.2, 0.25) is 11.8 Å². The van der Waals surface area contributed by atoms with Gasteiger partial charge in [0.05, 0.1) is 24.5 Å². The van der Waals surface area contributed by atoms with E-state index in [1.165, 1.54) is 18.2 Å². The van der Waals surface area contributed by atoms with Crippen molar-refractivity contribution in [1.82, 2.24) is 15.8 Å². The van der Waals surface area contributed by atoms with Crippen LogP contribution in [0.15, 0.2) is 48.5 Å². The lowest BCUT2D eigenvalue weighted by molar-refractivity contribution is -0.136. The molecule has 9 heteroatoms. The SMILES string of the molecule is O=C(NNC(=O)C1CCCN(C(=O)CCOc2ccccc2)C1)c1cc(Cl)ccc1O. The molecule has 1 atom stereocenters. The number of ether oxygens (including phenoxy) is 1. The molecule has 1 aliphatic rings. The van der Waals surface area contributed by atoms with Gasteiger partial charge in [-0.25, -0.2) is 0 Å². The quantitative estimate of drug-likeness (QED) is 0.592. The second kappa shape index (κ2) is 10.7. The topological polar surface area (TPSA) is 108 Å². The van der Waals surface area contributed by atoms with E-state index in [1.54, 1.807) is 4.90 Å². The van der Waals surface area contributed by atoms with E-state index in [-0.39, 0.29) is 41.8 Å². The van der Waals surface area contributed by atoms with Gasteiger partial charge in [-0.05, 0) is 43.2 Å². The molecule has 1 fully saturated rings. The van der Waals surface area contributed by atoms with Crippen LogP contribution in [-0.2, 0) is 9.59 Å². The monoisotopic (exact) mass is 445 g/mol. The Morgan fingerprint density at radius 1 is 1.13 bits per heavy atom. The zero-order valence-electron chi connectivity index (χ0n) is 16.8. The van der Waals surface area contributed by atoms with Crippen molar-refractivity contribution in [2.45, 2.75) is 19.3 Å². The van der Waals surface area contributed by atoms with Crippen LogP contribution >= 0.6 is 11.6 Å². The number of rotatable bonds is 6. The first-order valence-electron chi connectivity index (χ1n) is 9.98. The number of hydrogen-bond donors (Lipinski definition) is 3. The van der Waals surface area contributed by atoms with E-state index in [1.807, 2.05) is 30.3 Å². The van der Waals surface area contributed by atoms with Gasteiger partial charge in [0, 0.05) is 18.1 Å². The van der Waals surface area contributed by atoms with Gasteiger partial charge in [-0.2, -0.15) is 0 Å². The van der Waals surface area contributed by atoms with Gasteiger partial charge in [-0.1, -0.05) is 29.8 Å². The van der Waals surface area contributed by atoms with Gasteiger partial charge in [0.25, 0.3) is 5.91 Å². The number of hydrogen-bond acceptors (Lipinski definition) is 5. The Bertz CT molecular complexity index is 938. The van der Waals surface area contributed by atoms with Crippen LogP contribution in [0.2, 0.25) is 5.02 Å². The molecule has 3 rings (SSSR count). The molecule has 0 radical (unpaired) electrons. The third kappa shape index (κ3) is 6.36. The first-order chi connectivity index (χ1) is 14.9. The number of halogens is 1. The number of piperidine rings is 1. The lowest BCUT2D eigenvalue weighted by Crippen LogP contribution is -2.50. The first-order valence-corrected chi connectivity index (χ1v) is 10.4. The number of carbonyl (C=O) groups excluding carboxylic acids is 3. The van der Waals surface area contributed by atoms with Crippen molar-refractivity contribution in [3.05, 3.63) is 59.1 Å². The fourth-order valence-corrected chi connectivity index (χ4v) is 3.50. The molecule has 0 aliphatic carbocycles. The highest BCUT2D eigenvalue weighted by atomic mass is 35.5. The number of amides is 3. The predicted molar refractivity (Wildman–Crippen MR) is 115 cm³/mol. The maximum absolute atomic E-state index is 12.5. The van der Waals surface area contributed by atoms with Gasteiger partial charge >= 0.3 is 0 Å². The van der Waals surface area contributed by atoms with Crippen LogP contribution in [0, 0.1) is 5.92 Å². The fraction of sp³-hybridized carbons (Fsp3) is 0.318. The standard InChI is InChI=1S/C22H24ClN3O5/c23-16-8-9-19(27)18(13-16)22(30)25-24-21(29)15-5-4-11-26(14-15)20(28)10-12-31-17-6-2-1-3-7-17/h1-3,6-9,13,15,27H,4-5,10-12,14H2,(H,24,29)(H,25,30). The van der Waals surface area contributed by atoms with E-state index < -0.39 is 17.7 Å². The minimum atomic E-state index is -0.685. The van der Waals surface area contributed by atoms with E-state index in [0.29, 0.717) is 25.1 Å². The molecule has 1 heterocycles. The van der Waals surface area contributed by atoms with Crippen molar-refractivity contribution in [3.8, 4) is 11.5 Å². The molecule has 1 saturated heterocycles. The molecule has 2 aromatic rings. The van der Waals surface area contributed by atoms with E-state index >= 15 is 0 Å². The Balaban J connectivity index is 1.45. The molecule has 1 aliphatic heterocycles. The third-order valence-corrected chi connectivity index (χ3v) is 5.21. The van der Waals surface area contributed by atoms with Crippen LogP contribution in [0.5, 0.6) is 11.5 Å². The molecule has 3 amide bonds.